The first-order valence-electron chi connectivity index (χ1n) is 5.21. The summed E-state index contributed by atoms with van der Waals surface area (Å²) in [4.78, 5) is 11.4. The summed E-state index contributed by atoms with van der Waals surface area (Å²) in [6, 6.07) is 8.73. The molecule has 0 spiro atoms. The third-order valence-electron chi connectivity index (χ3n) is 2.48. The molecule has 0 aliphatic heterocycles. The molecule has 0 fully saturated rings. The molecule has 0 amide bonds. The molecule has 1 aromatic heterocycles. The number of methoxy groups -OCH3 is 1. The predicted octanol–water partition coefficient (Wildman–Crippen LogP) is 0.730. The van der Waals surface area contributed by atoms with Crippen molar-refractivity contribution in [2.24, 2.45) is 5.73 Å². The van der Waals surface area contributed by atoms with Crippen molar-refractivity contribution in [1.82, 2.24) is 10.2 Å². The van der Waals surface area contributed by atoms with Crippen LogP contribution in [0.1, 0.15) is 5.56 Å². The lowest BCUT2D eigenvalue weighted by molar-refractivity contribution is 0.416. The zero-order valence-corrected chi connectivity index (χ0v) is 9.73. The topological polar surface area (TPSA) is 105 Å². The lowest BCUT2D eigenvalue weighted by atomic mass is 10.1. The Morgan fingerprint density at radius 3 is 2.83 bits per heavy atom. The average molecular weight is 244 g/mol. The lowest BCUT2D eigenvalue weighted by Gasteiger charge is -2.07. The normalized spacial score (nSPS) is 10.1. The monoisotopic (exact) mass is 244 g/mol. The molecule has 0 radical (unpaired) electrons. The van der Waals surface area contributed by atoms with Gasteiger partial charge in [0, 0.05) is 5.56 Å². The van der Waals surface area contributed by atoms with Gasteiger partial charge in [0.1, 0.15) is 11.6 Å². The summed E-state index contributed by atoms with van der Waals surface area (Å²) in [5, 5.41) is 13.6. The summed E-state index contributed by atoms with van der Waals surface area (Å²) in [7, 11) is 1.55. The summed E-state index contributed by atoms with van der Waals surface area (Å²) >= 11 is 0. The summed E-state index contributed by atoms with van der Waals surface area (Å²) < 4.78 is 5.21. The van der Waals surface area contributed by atoms with Crippen molar-refractivity contribution < 1.29 is 4.74 Å². The van der Waals surface area contributed by atoms with E-state index < -0.39 is 5.56 Å². The van der Waals surface area contributed by atoms with Gasteiger partial charge in [-0.1, -0.05) is 12.1 Å². The molecule has 0 unspecified atom stereocenters. The number of ether oxygens (including phenoxy) is 1. The lowest BCUT2D eigenvalue weighted by Crippen LogP contribution is -2.24. The van der Waals surface area contributed by atoms with Gasteiger partial charge in [-0.15, -0.1) is 0 Å². The highest BCUT2D eigenvalue weighted by molar-refractivity contribution is 5.95. The van der Waals surface area contributed by atoms with Crippen LogP contribution in [0.5, 0.6) is 5.75 Å². The van der Waals surface area contributed by atoms with Gasteiger partial charge in [-0.05, 0) is 18.2 Å². The van der Waals surface area contributed by atoms with Crippen molar-refractivity contribution in [2.45, 2.75) is 0 Å². The van der Waals surface area contributed by atoms with E-state index in [-0.39, 0.29) is 11.4 Å². The molecule has 2 rings (SSSR count). The fourth-order valence-corrected chi connectivity index (χ4v) is 1.60. The van der Waals surface area contributed by atoms with Crippen LogP contribution in [0.4, 0.5) is 0 Å². The van der Waals surface area contributed by atoms with Gasteiger partial charge in [-0.2, -0.15) is 5.10 Å². The Morgan fingerprint density at radius 2 is 2.17 bits per heavy atom. The Morgan fingerprint density at radius 1 is 1.44 bits per heavy atom. The van der Waals surface area contributed by atoms with Crippen LogP contribution >= 0.6 is 0 Å². The fraction of sp³-hybridized carbons (Fsp3) is 0.0833. The van der Waals surface area contributed by atoms with E-state index in [1.807, 2.05) is 18.2 Å². The number of nitrogens with zero attached hydrogens (tertiary/aromatic N) is 1. The molecule has 0 aliphatic carbocycles. The third kappa shape index (κ3) is 2.08. The molecule has 6 heteroatoms. The molecule has 0 bridgehead atoms. The number of hydrogen-bond donors (Lipinski definition) is 3. The van der Waals surface area contributed by atoms with E-state index in [9.17, 15) is 4.79 Å². The number of hydrogen-bond acceptors (Lipinski definition) is 4. The molecule has 2 aromatic rings. The van der Waals surface area contributed by atoms with E-state index in [2.05, 4.69) is 10.2 Å². The van der Waals surface area contributed by atoms with E-state index in [1.165, 1.54) is 6.07 Å². The molecule has 0 saturated carbocycles. The van der Waals surface area contributed by atoms with E-state index >= 15 is 0 Å². The standard InChI is InChI=1S/C12H12N4O2/c1-18-10-5-3-2-4-7(10)9-6-8(11(13)14)12(17)16-15-9/h2-6H,1H3,(H3,13,14)(H,16,17). The number of nitrogens with two attached hydrogens (primary N) is 1. The second kappa shape index (κ2) is 4.70. The quantitative estimate of drug-likeness (QED) is 0.546. The molecular weight excluding hydrogens is 232 g/mol. The minimum absolute atomic E-state index is 0.0888. The maximum atomic E-state index is 11.4. The van der Waals surface area contributed by atoms with Gasteiger partial charge < -0.3 is 10.5 Å². The Labute approximate surface area is 103 Å². The second-order valence-electron chi connectivity index (χ2n) is 3.61. The summed E-state index contributed by atoms with van der Waals surface area (Å²) in [5.74, 6) is 0.335. The summed E-state index contributed by atoms with van der Waals surface area (Å²) in [5.41, 5.74) is 6.16. The van der Waals surface area contributed by atoms with Crippen molar-refractivity contribution in [3.8, 4) is 17.0 Å². The molecular formula is C12H12N4O2. The summed E-state index contributed by atoms with van der Waals surface area (Å²) in [6.45, 7) is 0. The number of benzene rings is 1. The molecule has 92 valence electrons. The largest absolute Gasteiger partial charge is 0.496 e. The molecule has 18 heavy (non-hydrogen) atoms. The Balaban J connectivity index is 2.61. The van der Waals surface area contributed by atoms with Crippen LogP contribution in [-0.2, 0) is 0 Å². The zero-order valence-electron chi connectivity index (χ0n) is 9.73. The van der Waals surface area contributed by atoms with Gasteiger partial charge in [0.2, 0.25) is 0 Å². The zero-order chi connectivity index (χ0) is 13.1. The van der Waals surface area contributed by atoms with Gasteiger partial charge in [0.15, 0.2) is 0 Å². The minimum Gasteiger partial charge on any atom is -0.496 e. The maximum Gasteiger partial charge on any atom is 0.275 e. The van der Waals surface area contributed by atoms with E-state index in [0.29, 0.717) is 11.4 Å². The number of amidine groups is 1. The van der Waals surface area contributed by atoms with E-state index in [1.54, 1.807) is 13.2 Å². The first kappa shape index (κ1) is 11.8. The number of aromatic amines is 1. The number of H-pyrrole nitrogens is 1. The smallest absolute Gasteiger partial charge is 0.275 e. The molecule has 1 aromatic carbocycles. The summed E-state index contributed by atoms with van der Waals surface area (Å²) in [6.07, 6.45) is 0. The Hall–Kier alpha value is -2.63. The first-order chi connectivity index (χ1) is 8.63. The van der Waals surface area contributed by atoms with E-state index in [0.717, 1.165) is 5.56 Å². The minimum atomic E-state index is -0.485. The van der Waals surface area contributed by atoms with Gasteiger partial charge in [0.05, 0.1) is 18.4 Å². The van der Waals surface area contributed by atoms with Crippen LogP contribution in [0.3, 0.4) is 0 Å². The molecule has 1 heterocycles. The third-order valence-corrected chi connectivity index (χ3v) is 2.48. The predicted molar refractivity (Wildman–Crippen MR) is 67.9 cm³/mol. The van der Waals surface area contributed by atoms with Crippen LogP contribution in [0.2, 0.25) is 0 Å². The average Bonchev–Trinajstić information content (AvgIpc) is 2.39. The van der Waals surface area contributed by atoms with Crippen molar-refractivity contribution in [2.75, 3.05) is 7.11 Å². The van der Waals surface area contributed by atoms with Crippen molar-refractivity contribution in [3.63, 3.8) is 0 Å². The van der Waals surface area contributed by atoms with Gasteiger partial charge in [0.25, 0.3) is 5.56 Å². The first-order valence-corrected chi connectivity index (χ1v) is 5.21. The fourth-order valence-electron chi connectivity index (χ4n) is 1.60. The molecule has 0 saturated heterocycles. The molecule has 4 N–H and O–H groups in total. The van der Waals surface area contributed by atoms with Gasteiger partial charge in [-0.25, -0.2) is 5.10 Å². The molecule has 6 nitrogen and oxygen atoms in total. The van der Waals surface area contributed by atoms with Crippen LogP contribution in [-0.4, -0.2) is 23.1 Å². The maximum absolute atomic E-state index is 11.4. The van der Waals surface area contributed by atoms with Crippen LogP contribution in [0, 0.1) is 5.41 Å². The number of rotatable bonds is 3. The van der Waals surface area contributed by atoms with Crippen LogP contribution in [0.25, 0.3) is 11.3 Å². The van der Waals surface area contributed by atoms with E-state index in [4.69, 9.17) is 15.9 Å². The number of nitrogens with one attached hydrogen (secondary N) is 2. The van der Waals surface area contributed by atoms with Gasteiger partial charge >= 0.3 is 0 Å². The number of nitrogen functional groups attached to an aromatic ring is 1. The molecule has 0 aliphatic rings. The SMILES string of the molecule is COc1ccccc1-c1cc(C(=N)N)c(=O)[nH]n1. The number of para-hydroxylation sites is 1. The van der Waals surface area contributed by atoms with Crippen molar-refractivity contribution >= 4 is 5.84 Å². The van der Waals surface area contributed by atoms with Crippen molar-refractivity contribution in [1.29, 1.82) is 5.41 Å². The van der Waals surface area contributed by atoms with Crippen LogP contribution < -0.4 is 16.0 Å². The van der Waals surface area contributed by atoms with Gasteiger partial charge in [-0.3, -0.25) is 10.2 Å². The van der Waals surface area contributed by atoms with Crippen molar-refractivity contribution in [3.05, 3.63) is 46.2 Å². The highest BCUT2D eigenvalue weighted by atomic mass is 16.5. The second-order valence-corrected chi connectivity index (χ2v) is 3.61. The highest BCUT2D eigenvalue weighted by Gasteiger charge is 2.10. The Bertz CT molecular complexity index is 649. The Kier molecular flexibility index (Phi) is 3.09. The number of aromatic nitrogens is 2. The highest BCUT2D eigenvalue weighted by Crippen LogP contribution is 2.27. The molecule has 0 atom stereocenters. The van der Waals surface area contributed by atoms with Crippen LogP contribution in [0.15, 0.2) is 35.1 Å².